The fourth-order valence-corrected chi connectivity index (χ4v) is 2.99. The van der Waals surface area contributed by atoms with Gasteiger partial charge >= 0.3 is 6.03 Å². The fraction of sp³-hybridized carbons (Fsp3) is 0.412. The van der Waals surface area contributed by atoms with Gasteiger partial charge in [-0.2, -0.15) is 5.10 Å². The largest absolute Gasteiger partial charge is 0.454 e. The monoisotopic (exact) mass is 344 g/mol. The molecule has 2 aliphatic rings. The van der Waals surface area contributed by atoms with Gasteiger partial charge in [-0.1, -0.05) is 0 Å². The van der Waals surface area contributed by atoms with Crippen LogP contribution >= 0.6 is 0 Å². The van der Waals surface area contributed by atoms with Crippen LogP contribution in [0.25, 0.3) is 0 Å². The highest BCUT2D eigenvalue weighted by atomic mass is 16.7. The Hall–Kier alpha value is -2.74. The van der Waals surface area contributed by atoms with Crippen molar-refractivity contribution in [2.45, 2.75) is 19.4 Å². The number of hydrogen-bond acceptors (Lipinski definition) is 5. The van der Waals surface area contributed by atoms with Crippen molar-refractivity contribution in [2.24, 2.45) is 5.92 Å². The maximum absolute atomic E-state index is 12.1. The molecule has 0 radical (unpaired) electrons. The van der Waals surface area contributed by atoms with Crippen LogP contribution in [-0.2, 0) is 11.3 Å². The molecule has 8 heteroatoms. The van der Waals surface area contributed by atoms with Crippen LogP contribution in [0.1, 0.15) is 12.8 Å². The van der Waals surface area contributed by atoms with Crippen molar-refractivity contribution in [2.75, 3.05) is 30.6 Å². The van der Waals surface area contributed by atoms with Crippen LogP contribution in [0.2, 0.25) is 0 Å². The lowest BCUT2D eigenvalue weighted by molar-refractivity contribution is 0.0601. The Bertz CT molecular complexity index is 755. The van der Waals surface area contributed by atoms with Gasteiger partial charge in [0.25, 0.3) is 0 Å². The summed E-state index contributed by atoms with van der Waals surface area (Å²) < 4.78 is 17.8. The number of amides is 2. The summed E-state index contributed by atoms with van der Waals surface area (Å²) in [7, 11) is 0. The van der Waals surface area contributed by atoms with Crippen molar-refractivity contribution in [3.8, 4) is 11.5 Å². The molecule has 0 atom stereocenters. The molecular weight excluding hydrogens is 324 g/mol. The number of benzene rings is 1. The first-order valence-electron chi connectivity index (χ1n) is 8.34. The number of nitrogens with zero attached hydrogens (tertiary/aromatic N) is 2. The summed E-state index contributed by atoms with van der Waals surface area (Å²) in [6.07, 6.45) is 5.59. The zero-order chi connectivity index (χ0) is 17.1. The second-order valence-corrected chi connectivity index (χ2v) is 6.15. The van der Waals surface area contributed by atoms with Crippen molar-refractivity contribution in [1.29, 1.82) is 0 Å². The Balaban J connectivity index is 1.32. The molecule has 1 aromatic carbocycles. The minimum absolute atomic E-state index is 0.206. The minimum Gasteiger partial charge on any atom is -0.454 e. The van der Waals surface area contributed by atoms with Crippen molar-refractivity contribution in [3.63, 3.8) is 0 Å². The van der Waals surface area contributed by atoms with E-state index in [1.54, 1.807) is 24.4 Å². The van der Waals surface area contributed by atoms with Gasteiger partial charge in [-0.3, -0.25) is 4.68 Å². The van der Waals surface area contributed by atoms with Gasteiger partial charge in [-0.25, -0.2) is 4.79 Å². The predicted octanol–water partition coefficient (Wildman–Crippen LogP) is 2.68. The van der Waals surface area contributed by atoms with Crippen LogP contribution in [0.3, 0.4) is 0 Å². The molecule has 3 heterocycles. The Morgan fingerprint density at radius 2 is 1.96 bits per heavy atom. The maximum Gasteiger partial charge on any atom is 0.323 e. The van der Waals surface area contributed by atoms with Crippen LogP contribution in [0.5, 0.6) is 11.5 Å². The molecule has 0 saturated carbocycles. The lowest BCUT2D eigenvalue weighted by Crippen LogP contribution is -2.21. The molecule has 4 rings (SSSR count). The molecule has 25 heavy (non-hydrogen) atoms. The van der Waals surface area contributed by atoms with E-state index in [2.05, 4.69) is 15.7 Å². The topological polar surface area (TPSA) is 86.6 Å². The standard InChI is InChI=1S/C17H20N4O4/c22-17(19-13-1-2-15-16(7-13)25-11-24-15)20-14-8-18-21(10-14)9-12-3-5-23-6-4-12/h1-2,7-8,10,12H,3-6,9,11H2,(H2,19,20,22). The maximum atomic E-state index is 12.1. The summed E-state index contributed by atoms with van der Waals surface area (Å²) in [5, 5.41) is 9.87. The van der Waals surface area contributed by atoms with E-state index in [0.29, 0.717) is 28.8 Å². The van der Waals surface area contributed by atoms with Gasteiger partial charge in [0.1, 0.15) is 0 Å². The first-order valence-corrected chi connectivity index (χ1v) is 8.34. The number of carbonyl (C=O) groups is 1. The molecule has 0 bridgehead atoms. The first kappa shape index (κ1) is 15.8. The normalized spacial score (nSPS) is 16.6. The van der Waals surface area contributed by atoms with Crippen molar-refractivity contribution in [3.05, 3.63) is 30.6 Å². The third-order valence-electron chi connectivity index (χ3n) is 4.31. The number of aromatic nitrogens is 2. The average Bonchev–Trinajstić information content (AvgIpc) is 3.24. The number of hydrogen-bond donors (Lipinski definition) is 2. The summed E-state index contributed by atoms with van der Waals surface area (Å²) in [6, 6.07) is 4.94. The van der Waals surface area contributed by atoms with E-state index in [0.717, 1.165) is 32.6 Å². The summed E-state index contributed by atoms with van der Waals surface area (Å²) in [5.41, 5.74) is 1.29. The van der Waals surface area contributed by atoms with Gasteiger partial charge in [0.15, 0.2) is 11.5 Å². The summed E-state index contributed by atoms with van der Waals surface area (Å²) in [5.74, 6) is 1.88. The molecule has 0 unspecified atom stereocenters. The Morgan fingerprint density at radius 3 is 2.84 bits per heavy atom. The fourth-order valence-electron chi connectivity index (χ4n) is 2.99. The molecule has 1 saturated heterocycles. The summed E-state index contributed by atoms with van der Waals surface area (Å²) in [4.78, 5) is 12.1. The van der Waals surface area contributed by atoms with Crippen LogP contribution in [0.4, 0.5) is 16.2 Å². The molecule has 2 aromatic rings. The molecule has 0 spiro atoms. The van der Waals surface area contributed by atoms with Crippen LogP contribution < -0.4 is 20.1 Å². The van der Waals surface area contributed by atoms with Crippen molar-refractivity contribution >= 4 is 17.4 Å². The van der Waals surface area contributed by atoms with Gasteiger partial charge in [-0.05, 0) is 30.9 Å². The lowest BCUT2D eigenvalue weighted by Gasteiger charge is -2.21. The van der Waals surface area contributed by atoms with E-state index in [1.165, 1.54) is 0 Å². The highest BCUT2D eigenvalue weighted by molar-refractivity contribution is 5.99. The van der Waals surface area contributed by atoms with Gasteiger partial charge in [-0.15, -0.1) is 0 Å². The third-order valence-corrected chi connectivity index (χ3v) is 4.31. The molecular formula is C17H20N4O4. The third kappa shape index (κ3) is 3.85. The molecule has 1 fully saturated rings. The number of nitrogens with one attached hydrogen (secondary N) is 2. The van der Waals surface area contributed by atoms with Gasteiger partial charge in [0, 0.05) is 37.7 Å². The van der Waals surface area contributed by atoms with Gasteiger partial charge < -0.3 is 24.8 Å². The lowest BCUT2D eigenvalue weighted by atomic mass is 10.0. The van der Waals surface area contributed by atoms with E-state index < -0.39 is 0 Å². The Morgan fingerprint density at radius 1 is 1.16 bits per heavy atom. The average molecular weight is 344 g/mol. The molecule has 0 aliphatic carbocycles. The highest BCUT2D eigenvalue weighted by Crippen LogP contribution is 2.34. The Labute approximate surface area is 145 Å². The van der Waals surface area contributed by atoms with Crippen LogP contribution in [0, 0.1) is 5.92 Å². The zero-order valence-corrected chi connectivity index (χ0v) is 13.7. The van der Waals surface area contributed by atoms with Gasteiger partial charge in [0.05, 0.1) is 11.9 Å². The van der Waals surface area contributed by atoms with E-state index in [1.807, 2.05) is 10.9 Å². The van der Waals surface area contributed by atoms with Crippen molar-refractivity contribution in [1.82, 2.24) is 9.78 Å². The smallest absolute Gasteiger partial charge is 0.323 e. The van der Waals surface area contributed by atoms with E-state index in [-0.39, 0.29) is 12.8 Å². The summed E-state index contributed by atoms with van der Waals surface area (Å²) >= 11 is 0. The summed E-state index contributed by atoms with van der Waals surface area (Å²) in [6.45, 7) is 2.68. The number of carbonyl (C=O) groups excluding carboxylic acids is 1. The molecule has 2 amide bonds. The molecule has 8 nitrogen and oxygen atoms in total. The quantitative estimate of drug-likeness (QED) is 0.890. The zero-order valence-electron chi connectivity index (χ0n) is 13.7. The Kier molecular flexibility index (Phi) is 4.43. The first-order chi connectivity index (χ1) is 12.3. The van der Waals surface area contributed by atoms with Crippen LogP contribution in [0.15, 0.2) is 30.6 Å². The molecule has 2 N–H and O–H groups in total. The second kappa shape index (κ2) is 7.02. The SMILES string of the molecule is O=C(Nc1ccc2c(c1)OCO2)Nc1cnn(CC2CCOCC2)c1. The minimum atomic E-state index is -0.329. The van der Waals surface area contributed by atoms with Gasteiger partial charge in [0.2, 0.25) is 6.79 Å². The molecule has 2 aliphatic heterocycles. The van der Waals surface area contributed by atoms with Crippen molar-refractivity contribution < 1.29 is 19.0 Å². The highest BCUT2D eigenvalue weighted by Gasteiger charge is 2.16. The van der Waals surface area contributed by atoms with Crippen LogP contribution in [-0.4, -0.2) is 35.8 Å². The van der Waals surface area contributed by atoms with E-state index in [9.17, 15) is 4.79 Å². The van der Waals surface area contributed by atoms with E-state index in [4.69, 9.17) is 14.2 Å². The second-order valence-electron chi connectivity index (χ2n) is 6.15. The predicted molar refractivity (Wildman–Crippen MR) is 91.0 cm³/mol. The number of fused-ring (bicyclic) bond motifs is 1. The number of urea groups is 1. The number of anilines is 2. The molecule has 1 aromatic heterocycles. The number of ether oxygens (including phenoxy) is 3. The van der Waals surface area contributed by atoms with E-state index >= 15 is 0 Å². The number of rotatable bonds is 4. The molecule has 132 valence electrons.